The van der Waals surface area contributed by atoms with Gasteiger partial charge in [0.1, 0.15) is 17.2 Å². The first-order valence-corrected chi connectivity index (χ1v) is 10.1. The van der Waals surface area contributed by atoms with Gasteiger partial charge in [0.25, 0.3) is 5.91 Å². The van der Waals surface area contributed by atoms with Gasteiger partial charge in [-0.15, -0.1) is 0 Å². The summed E-state index contributed by atoms with van der Waals surface area (Å²) >= 11 is 0. The predicted molar refractivity (Wildman–Crippen MR) is 118 cm³/mol. The van der Waals surface area contributed by atoms with Crippen LogP contribution in [-0.4, -0.2) is 27.4 Å². The van der Waals surface area contributed by atoms with Gasteiger partial charge in [-0.1, -0.05) is 56.5 Å². The predicted octanol–water partition coefficient (Wildman–Crippen LogP) is 4.84. The summed E-state index contributed by atoms with van der Waals surface area (Å²) in [6.07, 6.45) is 6.31. The molecule has 3 aromatic carbocycles. The molecule has 156 valence electrons. The maximum atomic E-state index is 12.4. The first-order chi connectivity index (χ1) is 14.5. The lowest BCUT2D eigenvalue weighted by Gasteiger charge is -2.08. The van der Waals surface area contributed by atoms with Gasteiger partial charge >= 0.3 is 0 Å². The third-order valence-electron chi connectivity index (χ3n) is 5.04. The van der Waals surface area contributed by atoms with Gasteiger partial charge in [-0.05, 0) is 35.9 Å². The lowest BCUT2D eigenvalue weighted by Crippen LogP contribution is -2.17. The van der Waals surface area contributed by atoms with Crippen LogP contribution in [-0.2, 0) is 6.42 Å². The molecular weight excluding hydrogens is 380 g/mol. The lowest BCUT2D eigenvalue weighted by atomic mass is 10.0. The molecule has 0 bridgehead atoms. The molecule has 0 aliphatic carbocycles. The second kappa shape index (κ2) is 9.78. The van der Waals surface area contributed by atoms with Crippen molar-refractivity contribution in [3.8, 4) is 17.2 Å². The van der Waals surface area contributed by atoms with Crippen molar-refractivity contribution in [1.82, 2.24) is 5.43 Å². The summed E-state index contributed by atoms with van der Waals surface area (Å²) < 4.78 is 0. The van der Waals surface area contributed by atoms with E-state index in [0.29, 0.717) is 17.4 Å². The Labute approximate surface area is 175 Å². The van der Waals surface area contributed by atoms with Gasteiger partial charge in [-0.2, -0.15) is 5.10 Å². The minimum Gasteiger partial charge on any atom is -0.508 e. The number of aromatic hydroxyl groups is 3. The number of hydrazone groups is 1. The third-order valence-corrected chi connectivity index (χ3v) is 5.04. The smallest absolute Gasteiger partial charge is 0.275 e. The first-order valence-electron chi connectivity index (χ1n) is 10.1. The van der Waals surface area contributed by atoms with Crippen LogP contribution in [0.4, 0.5) is 0 Å². The van der Waals surface area contributed by atoms with Crippen molar-refractivity contribution in [2.24, 2.45) is 5.10 Å². The number of carbonyl (C=O) groups is 1. The Morgan fingerprint density at radius 2 is 1.80 bits per heavy atom. The molecule has 0 aromatic heterocycles. The fourth-order valence-electron chi connectivity index (χ4n) is 3.35. The minimum absolute atomic E-state index is 0.0475. The number of nitrogens with one attached hydrogen (secondary N) is 1. The lowest BCUT2D eigenvalue weighted by molar-refractivity contribution is 0.0952. The summed E-state index contributed by atoms with van der Waals surface area (Å²) in [6, 6.07) is 13.5. The van der Waals surface area contributed by atoms with E-state index in [-0.39, 0.29) is 22.8 Å². The van der Waals surface area contributed by atoms with Crippen LogP contribution in [0.5, 0.6) is 17.2 Å². The van der Waals surface area contributed by atoms with E-state index in [4.69, 9.17) is 0 Å². The van der Waals surface area contributed by atoms with E-state index in [2.05, 4.69) is 17.5 Å². The maximum absolute atomic E-state index is 12.4. The molecule has 0 heterocycles. The van der Waals surface area contributed by atoms with Crippen LogP contribution in [0.15, 0.2) is 53.6 Å². The van der Waals surface area contributed by atoms with Crippen LogP contribution in [0.2, 0.25) is 0 Å². The topological polar surface area (TPSA) is 102 Å². The molecule has 0 fully saturated rings. The van der Waals surface area contributed by atoms with Gasteiger partial charge in [0.2, 0.25) is 0 Å². The molecule has 0 aliphatic heterocycles. The SMILES string of the molecule is CCCCCCc1cc(/C=N/NC(=O)c2ccc3ccccc3c2O)c(O)cc1O. The van der Waals surface area contributed by atoms with Crippen LogP contribution in [0, 0.1) is 0 Å². The van der Waals surface area contributed by atoms with Crippen molar-refractivity contribution in [3.63, 3.8) is 0 Å². The normalized spacial score (nSPS) is 11.2. The third kappa shape index (κ3) is 4.89. The highest BCUT2D eigenvalue weighted by Crippen LogP contribution is 2.29. The van der Waals surface area contributed by atoms with Crippen LogP contribution in [0.1, 0.15) is 54.1 Å². The summed E-state index contributed by atoms with van der Waals surface area (Å²) in [5.41, 5.74) is 3.60. The van der Waals surface area contributed by atoms with Crippen LogP contribution in [0.3, 0.4) is 0 Å². The highest BCUT2D eigenvalue weighted by Gasteiger charge is 2.13. The summed E-state index contributed by atoms with van der Waals surface area (Å²) in [7, 11) is 0. The van der Waals surface area contributed by atoms with E-state index in [1.807, 2.05) is 12.1 Å². The zero-order valence-corrected chi connectivity index (χ0v) is 16.9. The number of fused-ring (bicyclic) bond motifs is 1. The summed E-state index contributed by atoms with van der Waals surface area (Å²) in [6.45, 7) is 2.14. The number of aryl methyl sites for hydroxylation is 1. The molecule has 0 aliphatic rings. The van der Waals surface area contributed by atoms with Gasteiger partial charge in [0.05, 0.1) is 11.8 Å². The van der Waals surface area contributed by atoms with Crippen LogP contribution < -0.4 is 5.43 Å². The molecule has 0 radical (unpaired) electrons. The van der Waals surface area contributed by atoms with E-state index in [1.165, 1.54) is 18.3 Å². The van der Waals surface area contributed by atoms with Crippen molar-refractivity contribution in [3.05, 3.63) is 65.2 Å². The van der Waals surface area contributed by atoms with Crippen molar-refractivity contribution < 1.29 is 20.1 Å². The van der Waals surface area contributed by atoms with Crippen molar-refractivity contribution in [2.75, 3.05) is 0 Å². The Morgan fingerprint density at radius 3 is 2.60 bits per heavy atom. The van der Waals surface area contributed by atoms with Crippen molar-refractivity contribution in [1.29, 1.82) is 0 Å². The van der Waals surface area contributed by atoms with Gasteiger partial charge in [-0.25, -0.2) is 5.43 Å². The molecule has 6 nitrogen and oxygen atoms in total. The summed E-state index contributed by atoms with van der Waals surface area (Å²) in [5, 5.41) is 35.8. The van der Waals surface area contributed by atoms with E-state index in [1.54, 1.807) is 24.3 Å². The minimum atomic E-state index is -0.562. The zero-order chi connectivity index (χ0) is 21.5. The van der Waals surface area contributed by atoms with Crippen LogP contribution >= 0.6 is 0 Å². The molecule has 6 heteroatoms. The van der Waals surface area contributed by atoms with Gasteiger partial charge in [-0.3, -0.25) is 4.79 Å². The van der Waals surface area contributed by atoms with E-state index in [9.17, 15) is 20.1 Å². The molecule has 0 unspecified atom stereocenters. The number of phenolic OH excluding ortho intramolecular Hbond substituents is 3. The van der Waals surface area contributed by atoms with Gasteiger partial charge in [0, 0.05) is 17.0 Å². The van der Waals surface area contributed by atoms with Gasteiger partial charge < -0.3 is 15.3 Å². The largest absolute Gasteiger partial charge is 0.508 e. The Kier molecular flexibility index (Phi) is 6.91. The zero-order valence-electron chi connectivity index (χ0n) is 16.9. The van der Waals surface area contributed by atoms with Crippen molar-refractivity contribution >= 4 is 22.9 Å². The molecular formula is C24H26N2O4. The standard InChI is InChI=1S/C24H26N2O4/c1-2-3-4-5-9-17-13-18(22(28)14-21(17)27)15-25-26-24(30)20-12-11-16-8-6-7-10-19(16)23(20)29/h6-8,10-15,27-29H,2-5,9H2,1H3,(H,26,30)/b25-15+. The molecule has 3 aromatic rings. The number of amides is 1. The first kappa shape index (κ1) is 21.2. The monoisotopic (exact) mass is 406 g/mol. The van der Waals surface area contributed by atoms with Crippen LogP contribution in [0.25, 0.3) is 10.8 Å². The molecule has 1 amide bonds. The van der Waals surface area contributed by atoms with Gasteiger partial charge in [0.15, 0.2) is 0 Å². The quantitative estimate of drug-likeness (QED) is 0.244. The Balaban J connectivity index is 1.71. The maximum Gasteiger partial charge on any atom is 0.275 e. The number of unbranched alkanes of at least 4 members (excludes halogenated alkanes) is 3. The molecule has 4 N–H and O–H groups in total. The van der Waals surface area contributed by atoms with E-state index >= 15 is 0 Å². The second-order valence-corrected chi connectivity index (χ2v) is 7.23. The van der Waals surface area contributed by atoms with E-state index in [0.717, 1.165) is 36.6 Å². The van der Waals surface area contributed by atoms with Crippen molar-refractivity contribution in [2.45, 2.75) is 39.0 Å². The molecule has 30 heavy (non-hydrogen) atoms. The number of rotatable bonds is 8. The molecule has 0 spiro atoms. The molecule has 0 atom stereocenters. The molecule has 3 rings (SSSR count). The average molecular weight is 406 g/mol. The number of carbonyl (C=O) groups excluding carboxylic acids is 1. The number of phenols is 3. The molecule has 0 saturated carbocycles. The Hall–Kier alpha value is -3.54. The number of hydrogen-bond acceptors (Lipinski definition) is 5. The van der Waals surface area contributed by atoms with E-state index < -0.39 is 5.91 Å². The fourth-order valence-corrected chi connectivity index (χ4v) is 3.35. The molecule has 0 saturated heterocycles. The average Bonchev–Trinajstić information content (AvgIpc) is 2.74. The Bertz CT molecular complexity index is 1080. The highest BCUT2D eigenvalue weighted by atomic mass is 16.3. The fraction of sp³-hybridized carbons (Fsp3) is 0.250. The number of hydrogen-bond donors (Lipinski definition) is 4. The Morgan fingerprint density at radius 1 is 1.00 bits per heavy atom. The number of nitrogens with zero attached hydrogens (tertiary/aromatic N) is 1. The summed E-state index contributed by atoms with van der Waals surface area (Å²) in [4.78, 5) is 12.4. The number of benzene rings is 3. The highest BCUT2D eigenvalue weighted by molar-refractivity contribution is 6.03. The second-order valence-electron chi connectivity index (χ2n) is 7.23. The summed E-state index contributed by atoms with van der Waals surface area (Å²) in [5.74, 6) is -0.752.